The van der Waals surface area contributed by atoms with E-state index in [0.717, 1.165) is 25.8 Å². The SMILES string of the molecule is CC(O)CC1CCCCN1C(C)C(N)=O. The monoisotopic (exact) mass is 214 g/mol. The van der Waals surface area contributed by atoms with Gasteiger partial charge in [-0.25, -0.2) is 0 Å². The van der Waals surface area contributed by atoms with Gasteiger partial charge in [-0.3, -0.25) is 9.69 Å². The molecule has 88 valence electrons. The summed E-state index contributed by atoms with van der Waals surface area (Å²) in [7, 11) is 0. The van der Waals surface area contributed by atoms with Gasteiger partial charge in [0.2, 0.25) is 5.91 Å². The normalized spacial score (nSPS) is 27.3. The van der Waals surface area contributed by atoms with Crippen molar-refractivity contribution in [3.63, 3.8) is 0 Å². The first-order chi connectivity index (χ1) is 7.02. The number of hydrogen-bond donors (Lipinski definition) is 2. The third-order valence-corrected chi connectivity index (χ3v) is 3.20. The molecule has 1 heterocycles. The maximum Gasteiger partial charge on any atom is 0.234 e. The molecule has 0 aliphatic carbocycles. The van der Waals surface area contributed by atoms with Crippen molar-refractivity contribution in [2.45, 2.75) is 57.7 Å². The average molecular weight is 214 g/mol. The van der Waals surface area contributed by atoms with Crippen LogP contribution in [-0.2, 0) is 4.79 Å². The molecule has 0 bridgehead atoms. The summed E-state index contributed by atoms with van der Waals surface area (Å²) in [4.78, 5) is 13.3. The molecule has 4 nitrogen and oxygen atoms in total. The standard InChI is InChI=1S/C11H22N2O2/c1-8(14)7-10-5-3-4-6-13(10)9(2)11(12)15/h8-10,14H,3-7H2,1-2H3,(H2,12,15). The molecule has 1 rings (SSSR count). The van der Waals surface area contributed by atoms with E-state index in [1.54, 1.807) is 6.92 Å². The minimum absolute atomic E-state index is 0.214. The highest BCUT2D eigenvalue weighted by Gasteiger charge is 2.29. The van der Waals surface area contributed by atoms with Crippen LogP contribution in [0.4, 0.5) is 0 Å². The van der Waals surface area contributed by atoms with Crippen molar-refractivity contribution in [3.05, 3.63) is 0 Å². The van der Waals surface area contributed by atoms with Crippen molar-refractivity contribution in [1.82, 2.24) is 4.90 Å². The van der Waals surface area contributed by atoms with Crippen LogP contribution in [0.25, 0.3) is 0 Å². The van der Waals surface area contributed by atoms with Crippen LogP contribution in [0.5, 0.6) is 0 Å². The molecule has 0 aromatic heterocycles. The number of carbonyl (C=O) groups is 1. The number of aliphatic hydroxyl groups excluding tert-OH is 1. The number of carbonyl (C=O) groups excluding carboxylic acids is 1. The lowest BCUT2D eigenvalue weighted by Crippen LogP contribution is -2.51. The third-order valence-electron chi connectivity index (χ3n) is 3.20. The number of aliphatic hydroxyl groups is 1. The highest BCUT2D eigenvalue weighted by atomic mass is 16.3. The minimum atomic E-state index is -0.310. The van der Waals surface area contributed by atoms with E-state index < -0.39 is 0 Å². The lowest BCUT2D eigenvalue weighted by Gasteiger charge is -2.39. The number of nitrogens with zero attached hydrogens (tertiary/aromatic N) is 1. The van der Waals surface area contributed by atoms with Crippen molar-refractivity contribution < 1.29 is 9.90 Å². The van der Waals surface area contributed by atoms with Gasteiger partial charge in [-0.1, -0.05) is 6.42 Å². The van der Waals surface area contributed by atoms with E-state index in [0.29, 0.717) is 6.04 Å². The van der Waals surface area contributed by atoms with Crippen molar-refractivity contribution in [1.29, 1.82) is 0 Å². The summed E-state index contributed by atoms with van der Waals surface area (Å²) in [5.74, 6) is -0.271. The maximum absolute atomic E-state index is 11.1. The van der Waals surface area contributed by atoms with E-state index in [1.807, 2.05) is 6.92 Å². The first-order valence-corrected chi connectivity index (χ1v) is 5.75. The fourth-order valence-corrected chi connectivity index (χ4v) is 2.34. The molecule has 0 spiro atoms. The molecule has 15 heavy (non-hydrogen) atoms. The molecule has 1 fully saturated rings. The van der Waals surface area contributed by atoms with Gasteiger partial charge in [0.05, 0.1) is 12.1 Å². The summed E-state index contributed by atoms with van der Waals surface area (Å²) in [6.45, 7) is 4.56. The van der Waals surface area contributed by atoms with Gasteiger partial charge in [-0.2, -0.15) is 0 Å². The predicted molar refractivity (Wildman–Crippen MR) is 59.3 cm³/mol. The zero-order valence-electron chi connectivity index (χ0n) is 9.65. The zero-order chi connectivity index (χ0) is 11.4. The molecule has 1 amide bonds. The molecule has 0 radical (unpaired) electrons. The van der Waals surface area contributed by atoms with Crippen LogP contribution in [0.2, 0.25) is 0 Å². The van der Waals surface area contributed by atoms with E-state index in [4.69, 9.17) is 5.73 Å². The summed E-state index contributed by atoms with van der Waals surface area (Å²) in [5.41, 5.74) is 5.32. The molecule has 1 aliphatic rings. The van der Waals surface area contributed by atoms with Crippen LogP contribution >= 0.6 is 0 Å². The first kappa shape index (κ1) is 12.5. The number of likely N-dealkylation sites (tertiary alicyclic amines) is 1. The fourth-order valence-electron chi connectivity index (χ4n) is 2.34. The van der Waals surface area contributed by atoms with Crippen molar-refractivity contribution in [3.8, 4) is 0 Å². The highest BCUT2D eigenvalue weighted by molar-refractivity contribution is 5.79. The molecule has 0 saturated carbocycles. The Balaban J connectivity index is 2.60. The Bertz CT molecular complexity index is 219. The van der Waals surface area contributed by atoms with Crippen LogP contribution in [0, 0.1) is 0 Å². The third kappa shape index (κ3) is 3.47. The van der Waals surface area contributed by atoms with E-state index in [2.05, 4.69) is 4.90 Å². The second-order valence-electron chi connectivity index (χ2n) is 4.55. The summed E-state index contributed by atoms with van der Waals surface area (Å²) in [5, 5.41) is 9.40. The lowest BCUT2D eigenvalue weighted by atomic mass is 9.95. The van der Waals surface area contributed by atoms with E-state index in [1.165, 1.54) is 6.42 Å². The van der Waals surface area contributed by atoms with Gasteiger partial charge in [0.15, 0.2) is 0 Å². The molecule has 1 aliphatic heterocycles. The largest absolute Gasteiger partial charge is 0.393 e. The zero-order valence-corrected chi connectivity index (χ0v) is 9.65. The van der Waals surface area contributed by atoms with Gasteiger partial charge in [0.1, 0.15) is 0 Å². The summed E-state index contributed by atoms with van der Waals surface area (Å²) < 4.78 is 0. The molecule has 0 aromatic carbocycles. The Kier molecular flexibility index (Phi) is 4.54. The molecule has 4 heteroatoms. The molecular weight excluding hydrogens is 192 g/mol. The van der Waals surface area contributed by atoms with Gasteiger partial charge in [0, 0.05) is 6.04 Å². The van der Waals surface area contributed by atoms with E-state index >= 15 is 0 Å². The number of primary amides is 1. The Morgan fingerprint density at radius 1 is 1.53 bits per heavy atom. The van der Waals surface area contributed by atoms with Crippen molar-refractivity contribution in [2.24, 2.45) is 5.73 Å². The van der Waals surface area contributed by atoms with Crippen LogP contribution in [0.15, 0.2) is 0 Å². The highest BCUT2D eigenvalue weighted by Crippen LogP contribution is 2.22. The van der Waals surface area contributed by atoms with E-state index in [9.17, 15) is 9.90 Å². The quantitative estimate of drug-likeness (QED) is 0.715. The van der Waals surface area contributed by atoms with Crippen LogP contribution in [0.1, 0.15) is 39.5 Å². The summed E-state index contributed by atoms with van der Waals surface area (Å²) >= 11 is 0. The first-order valence-electron chi connectivity index (χ1n) is 5.75. The van der Waals surface area contributed by atoms with Crippen LogP contribution in [-0.4, -0.2) is 40.6 Å². The molecular formula is C11H22N2O2. The van der Waals surface area contributed by atoms with Crippen LogP contribution < -0.4 is 5.73 Å². The number of rotatable bonds is 4. The molecule has 3 N–H and O–H groups in total. The van der Waals surface area contributed by atoms with Gasteiger partial charge < -0.3 is 10.8 Å². The molecule has 1 saturated heterocycles. The number of hydrogen-bond acceptors (Lipinski definition) is 3. The minimum Gasteiger partial charge on any atom is -0.393 e. The summed E-state index contributed by atoms with van der Waals surface area (Å²) in [6.07, 6.45) is 3.78. The number of nitrogens with two attached hydrogens (primary N) is 1. The van der Waals surface area contributed by atoms with Crippen LogP contribution in [0.3, 0.4) is 0 Å². The number of piperidine rings is 1. The Morgan fingerprint density at radius 3 is 2.73 bits per heavy atom. The second-order valence-corrected chi connectivity index (χ2v) is 4.55. The predicted octanol–water partition coefficient (Wildman–Crippen LogP) is 0.486. The van der Waals surface area contributed by atoms with Crippen molar-refractivity contribution in [2.75, 3.05) is 6.54 Å². The average Bonchev–Trinajstić information content (AvgIpc) is 2.16. The van der Waals surface area contributed by atoms with Gasteiger partial charge in [-0.15, -0.1) is 0 Å². The Morgan fingerprint density at radius 2 is 2.20 bits per heavy atom. The molecule has 3 atom stereocenters. The Hall–Kier alpha value is -0.610. The van der Waals surface area contributed by atoms with Gasteiger partial charge in [-0.05, 0) is 39.7 Å². The Labute approximate surface area is 91.4 Å². The van der Waals surface area contributed by atoms with Gasteiger partial charge in [0.25, 0.3) is 0 Å². The maximum atomic E-state index is 11.1. The summed E-state index contributed by atoms with van der Waals surface area (Å²) in [6, 6.07) is 0.0929. The smallest absolute Gasteiger partial charge is 0.234 e. The molecule has 3 unspecified atom stereocenters. The van der Waals surface area contributed by atoms with Gasteiger partial charge >= 0.3 is 0 Å². The van der Waals surface area contributed by atoms with Crippen molar-refractivity contribution >= 4 is 5.91 Å². The topological polar surface area (TPSA) is 66.6 Å². The molecule has 0 aromatic rings. The van der Waals surface area contributed by atoms with E-state index in [-0.39, 0.29) is 18.1 Å². The lowest BCUT2D eigenvalue weighted by molar-refractivity contribution is -0.124. The fraction of sp³-hybridized carbons (Fsp3) is 0.909. The second kappa shape index (κ2) is 5.47. The number of amides is 1.